The van der Waals surface area contributed by atoms with Gasteiger partial charge in [0, 0.05) is 5.56 Å². The molecule has 0 bridgehead atoms. The van der Waals surface area contributed by atoms with Gasteiger partial charge in [-0.2, -0.15) is 0 Å². The quantitative estimate of drug-likeness (QED) is 0.0790. The van der Waals surface area contributed by atoms with Crippen LogP contribution in [0.2, 0.25) is 0 Å². The Morgan fingerprint density at radius 2 is 0.925 bits per heavy atom. The Hall–Kier alpha value is -3.96. The molecule has 12 nitrogen and oxygen atoms in total. The van der Waals surface area contributed by atoms with Crippen molar-refractivity contribution in [2.45, 2.75) is 79.1 Å². The lowest BCUT2D eigenvalue weighted by Crippen LogP contribution is -2.19. The van der Waals surface area contributed by atoms with Crippen LogP contribution >= 0.6 is 0 Å². The van der Waals surface area contributed by atoms with Crippen molar-refractivity contribution in [1.29, 1.82) is 0 Å². The number of carbonyl (C=O) groups is 4. The first-order valence-electron chi connectivity index (χ1n) is 13.5. The fourth-order valence-electron chi connectivity index (χ4n) is 2.80. The first kappa shape index (κ1) is 34.1. The summed E-state index contributed by atoms with van der Waals surface area (Å²) in [5, 5.41) is 0. The van der Waals surface area contributed by atoms with E-state index >= 15 is 0 Å². The van der Waals surface area contributed by atoms with E-state index in [4.69, 9.17) is 37.9 Å². The van der Waals surface area contributed by atoms with Gasteiger partial charge in [0.2, 0.25) is 11.5 Å². The molecule has 1 aromatic carbocycles. The van der Waals surface area contributed by atoms with Crippen LogP contribution in [-0.2, 0) is 18.9 Å². The van der Waals surface area contributed by atoms with Gasteiger partial charge < -0.3 is 37.9 Å². The van der Waals surface area contributed by atoms with Crippen LogP contribution in [0.1, 0.15) is 84.6 Å². The lowest BCUT2D eigenvalue weighted by molar-refractivity contribution is 0.0794. The summed E-state index contributed by atoms with van der Waals surface area (Å²) < 4.78 is 41.5. The standard InChI is InChI=1S/C28H40O12/c1-6-11-15-33-25(29)37-21-19-20(10-5)22(38-26(30)34-16-12-7-2)24(40-28(32)36-18-14-9-4)23(21)39-27(31)35-17-13-8-3/h10,19H,5-9,11-18H2,1-4H3. The molecule has 0 saturated heterocycles. The second-order valence-corrected chi connectivity index (χ2v) is 8.37. The number of benzene rings is 1. The van der Waals surface area contributed by atoms with Crippen LogP contribution in [0.4, 0.5) is 19.2 Å². The monoisotopic (exact) mass is 568 g/mol. The van der Waals surface area contributed by atoms with Gasteiger partial charge in [-0.1, -0.05) is 66.0 Å². The summed E-state index contributed by atoms with van der Waals surface area (Å²) in [4.78, 5) is 49.9. The minimum absolute atomic E-state index is 0.0341. The third-order valence-corrected chi connectivity index (χ3v) is 5.03. The van der Waals surface area contributed by atoms with Gasteiger partial charge in [-0.3, -0.25) is 0 Å². The van der Waals surface area contributed by atoms with Gasteiger partial charge in [0.15, 0.2) is 11.5 Å². The molecular weight excluding hydrogens is 528 g/mol. The van der Waals surface area contributed by atoms with E-state index in [9.17, 15) is 19.2 Å². The number of carbonyl (C=O) groups excluding carboxylic acids is 4. The SMILES string of the molecule is C=Cc1cc(OC(=O)OCCCC)c(OC(=O)OCCCC)c(OC(=O)OCCCC)c1OC(=O)OCCCC. The molecule has 1 aromatic rings. The molecule has 0 N–H and O–H groups in total. The van der Waals surface area contributed by atoms with Crippen LogP contribution < -0.4 is 18.9 Å². The summed E-state index contributed by atoms with van der Waals surface area (Å²) in [7, 11) is 0. The molecule has 0 aliphatic rings. The van der Waals surface area contributed by atoms with Crippen molar-refractivity contribution in [2.75, 3.05) is 26.4 Å². The van der Waals surface area contributed by atoms with Crippen LogP contribution in [0.3, 0.4) is 0 Å². The predicted molar refractivity (Wildman–Crippen MR) is 144 cm³/mol. The number of hydrogen-bond acceptors (Lipinski definition) is 12. The molecule has 40 heavy (non-hydrogen) atoms. The molecule has 12 heteroatoms. The van der Waals surface area contributed by atoms with Crippen LogP contribution in [0, 0.1) is 0 Å². The van der Waals surface area contributed by atoms with E-state index in [1.165, 1.54) is 12.1 Å². The fourth-order valence-corrected chi connectivity index (χ4v) is 2.80. The van der Waals surface area contributed by atoms with Crippen molar-refractivity contribution in [2.24, 2.45) is 0 Å². The number of rotatable bonds is 17. The van der Waals surface area contributed by atoms with Crippen LogP contribution in [-0.4, -0.2) is 51.0 Å². The molecule has 1 rings (SSSR count). The third-order valence-electron chi connectivity index (χ3n) is 5.03. The molecule has 0 aliphatic carbocycles. The normalized spacial score (nSPS) is 10.2. The lowest BCUT2D eigenvalue weighted by Gasteiger charge is -2.19. The zero-order valence-corrected chi connectivity index (χ0v) is 23.7. The number of unbranched alkanes of at least 4 members (excludes halogenated alkanes) is 4. The van der Waals surface area contributed by atoms with Crippen molar-refractivity contribution >= 4 is 30.7 Å². The molecule has 224 valence electrons. The van der Waals surface area contributed by atoms with Gasteiger partial charge >= 0.3 is 24.6 Å². The van der Waals surface area contributed by atoms with E-state index in [1.54, 1.807) is 0 Å². The molecule has 0 spiro atoms. The first-order valence-corrected chi connectivity index (χ1v) is 13.5. The summed E-state index contributed by atoms with van der Waals surface area (Å²) in [6, 6.07) is 1.19. The van der Waals surface area contributed by atoms with Crippen molar-refractivity contribution in [1.82, 2.24) is 0 Å². The Morgan fingerprint density at radius 3 is 1.30 bits per heavy atom. The zero-order chi connectivity index (χ0) is 29.8. The molecule has 0 heterocycles. The van der Waals surface area contributed by atoms with E-state index in [2.05, 4.69) is 6.58 Å². The highest BCUT2D eigenvalue weighted by Crippen LogP contribution is 2.48. The van der Waals surface area contributed by atoms with Gasteiger partial charge in [0.1, 0.15) is 0 Å². The summed E-state index contributed by atoms with van der Waals surface area (Å²) in [5.74, 6) is -1.99. The molecule has 0 radical (unpaired) electrons. The average Bonchev–Trinajstić information content (AvgIpc) is 2.92. The molecule has 0 amide bonds. The van der Waals surface area contributed by atoms with Gasteiger partial charge in [0.25, 0.3) is 0 Å². The highest BCUT2D eigenvalue weighted by Gasteiger charge is 2.31. The molecule has 0 aromatic heterocycles. The first-order chi connectivity index (χ1) is 19.3. The highest BCUT2D eigenvalue weighted by atomic mass is 16.8. The van der Waals surface area contributed by atoms with E-state index in [1.807, 2.05) is 27.7 Å². The minimum atomic E-state index is -1.19. The van der Waals surface area contributed by atoms with Crippen molar-refractivity contribution in [3.05, 3.63) is 18.2 Å². The van der Waals surface area contributed by atoms with E-state index in [-0.39, 0.29) is 32.0 Å². The Morgan fingerprint density at radius 1 is 0.575 bits per heavy atom. The van der Waals surface area contributed by atoms with Crippen molar-refractivity contribution in [3.63, 3.8) is 0 Å². The predicted octanol–water partition coefficient (Wildman–Crippen LogP) is 7.59. The van der Waals surface area contributed by atoms with E-state index in [0.29, 0.717) is 25.7 Å². The number of ether oxygens (including phenoxy) is 8. The minimum Gasteiger partial charge on any atom is -0.434 e. The maximum absolute atomic E-state index is 12.5. The number of hydrogen-bond donors (Lipinski definition) is 0. The Bertz CT molecular complexity index is 973. The second kappa shape index (κ2) is 20.0. The van der Waals surface area contributed by atoms with Crippen molar-refractivity contribution in [3.8, 4) is 23.0 Å². The molecule has 0 fully saturated rings. The average molecular weight is 569 g/mol. The van der Waals surface area contributed by atoms with Crippen LogP contribution in [0.25, 0.3) is 6.08 Å². The van der Waals surface area contributed by atoms with E-state index in [0.717, 1.165) is 25.7 Å². The highest BCUT2D eigenvalue weighted by molar-refractivity contribution is 5.81. The van der Waals surface area contributed by atoms with Crippen LogP contribution in [0.5, 0.6) is 23.0 Å². The van der Waals surface area contributed by atoms with Gasteiger partial charge in [0.05, 0.1) is 26.4 Å². The molecule has 0 saturated carbocycles. The third kappa shape index (κ3) is 12.7. The fraction of sp³-hybridized carbons (Fsp3) is 0.571. The van der Waals surface area contributed by atoms with E-state index < -0.39 is 47.6 Å². The van der Waals surface area contributed by atoms with Gasteiger partial charge in [-0.15, -0.1) is 0 Å². The van der Waals surface area contributed by atoms with Gasteiger partial charge in [-0.25, -0.2) is 19.2 Å². The van der Waals surface area contributed by atoms with Crippen LogP contribution in [0.15, 0.2) is 12.6 Å². The zero-order valence-electron chi connectivity index (χ0n) is 23.7. The summed E-state index contributed by atoms with van der Waals surface area (Å²) in [6.45, 7) is 11.5. The maximum Gasteiger partial charge on any atom is 0.514 e. The largest absolute Gasteiger partial charge is 0.514 e. The Kier molecular flexibility index (Phi) is 17.0. The summed E-state index contributed by atoms with van der Waals surface area (Å²) >= 11 is 0. The lowest BCUT2D eigenvalue weighted by atomic mass is 10.1. The summed E-state index contributed by atoms with van der Waals surface area (Å²) in [5.41, 5.74) is 0.0341. The maximum atomic E-state index is 12.5. The molecular formula is C28H40O12. The molecule has 0 unspecified atom stereocenters. The Labute approximate surface area is 234 Å². The topological polar surface area (TPSA) is 142 Å². The second-order valence-electron chi connectivity index (χ2n) is 8.37. The molecule has 0 atom stereocenters. The van der Waals surface area contributed by atoms with Crippen molar-refractivity contribution < 1.29 is 57.1 Å². The molecule has 0 aliphatic heterocycles. The Balaban J connectivity index is 3.58. The smallest absolute Gasteiger partial charge is 0.434 e. The summed E-state index contributed by atoms with van der Waals surface area (Å²) in [6.07, 6.45) is 1.93. The van der Waals surface area contributed by atoms with Gasteiger partial charge in [-0.05, 0) is 31.7 Å².